The number of likely N-dealkylation sites (tertiary alicyclic amines) is 1. The van der Waals surface area contributed by atoms with E-state index in [4.69, 9.17) is 16.3 Å². The van der Waals surface area contributed by atoms with Crippen LogP contribution in [-0.2, 0) is 6.54 Å². The molecule has 33 heavy (non-hydrogen) atoms. The molecule has 0 aliphatic carbocycles. The van der Waals surface area contributed by atoms with Gasteiger partial charge in [-0.05, 0) is 73.0 Å². The number of methoxy groups -OCH3 is 1. The number of carbonyl (C=O) groups is 1. The first-order valence-corrected chi connectivity index (χ1v) is 11.3. The zero-order chi connectivity index (χ0) is 23.4. The molecule has 1 N–H and O–H groups in total. The first kappa shape index (κ1) is 23.1. The number of hydrogen-bond donors (Lipinski definition) is 1. The predicted octanol–water partition coefficient (Wildman–Crippen LogP) is 5.50. The van der Waals surface area contributed by atoms with Crippen LogP contribution in [0.25, 0.3) is 0 Å². The van der Waals surface area contributed by atoms with Gasteiger partial charge >= 0.3 is 0 Å². The number of piperidine rings is 1. The molecule has 5 nitrogen and oxygen atoms in total. The van der Waals surface area contributed by atoms with E-state index in [-0.39, 0.29) is 23.5 Å². The zero-order valence-electron chi connectivity index (χ0n) is 18.4. The second kappa shape index (κ2) is 10.2. The maximum absolute atomic E-state index is 13.6. The maximum atomic E-state index is 13.6. The van der Waals surface area contributed by atoms with E-state index in [0.29, 0.717) is 22.0 Å². The van der Waals surface area contributed by atoms with Gasteiger partial charge in [0.1, 0.15) is 5.82 Å². The number of carbonyl (C=O) groups excluding carboxylic acids is 1. The Morgan fingerprint density at radius 2 is 1.85 bits per heavy atom. The van der Waals surface area contributed by atoms with E-state index in [0.717, 1.165) is 38.0 Å². The molecule has 1 amide bonds. The summed E-state index contributed by atoms with van der Waals surface area (Å²) in [4.78, 5) is 17.6. The minimum Gasteiger partial charge on any atom is -0.504 e. The minimum atomic E-state index is -0.340. The van der Waals surface area contributed by atoms with Crippen LogP contribution in [0, 0.1) is 5.82 Å². The van der Waals surface area contributed by atoms with Crippen LogP contribution in [0.5, 0.6) is 11.5 Å². The minimum absolute atomic E-state index is 0.0208. The fourth-order valence-corrected chi connectivity index (χ4v) is 4.46. The number of aromatic hydroxyl groups is 1. The molecular formula is C26H26ClFN2O3. The molecule has 0 aromatic heterocycles. The van der Waals surface area contributed by atoms with Crippen LogP contribution >= 0.6 is 11.6 Å². The Morgan fingerprint density at radius 1 is 1.12 bits per heavy atom. The van der Waals surface area contributed by atoms with Crippen molar-refractivity contribution in [1.29, 1.82) is 0 Å². The molecule has 1 saturated heterocycles. The first-order valence-electron chi connectivity index (χ1n) is 10.9. The van der Waals surface area contributed by atoms with Gasteiger partial charge in [-0.15, -0.1) is 0 Å². The summed E-state index contributed by atoms with van der Waals surface area (Å²) in [6.07, 6.45) is 1.55. The number of halogens is 2. The molecule has 3 aromatic carbocycles. The SMILES string of the molecule is COc1cc(CN2CCC(N(C(=O)c3cccc(Cl)c3)c3ccc(F)cc3)CC2)ccc1O. The van der Waals surface area contributed by atoms with Crippen molar-refractivity contribution in [2.45, 2.75) is 25.4 Å². The molecule has 4 rings (SSSR count). The second-order valence-corrected chi connectivity index (χ2v) is 8.61. The van der Waals surface area contributed by atoms with Gasteiger partial charge in [0.05, 0.1) is 7.11 Å². The Balaban J connectivity index is 1.50. The molecule has 0 atom stereocenters. The number of anilines is 1. The lowest BCUT2D eigenvalue weighted by molar-refractivity contribution is 0.0958. The molecule has 0 unspecified atom stereocenters. The number of ether oxygens (including phenoxy) is 1. The predicted molar refractivity (Wildman–Crippen MR) is 128 cm³/mol. The van der Waals surface area contributed by atoms with E-state index >= 15 is 0 Å². The molecule has 0 saturated carbocycles. The normalized spacial score (nSPS) is 14.8. The van der Waals surface area contributed by atoms with Crippen molar-refractivity contribution in [2.24, 2.45) is 0 Å². The number of nitrogens with zero attached hydrogens (tertiary/aromatic N) is 2. The van der Waals surface area contributed by atoms with Crippen LogP contribution in [-0.4, -0.2) is 42.2 Å². The Morgan fingerprint density at radius 3 is 2.52 bits per heavy atom. The standard InChI is InChI=1S/C26H26ClFN2O3/c1-33-25-15-18(5-10-24(25)31)17-29-13-11-23(12-14-29)30(22-8-6-21(28)7-9-22)26(32)19-3-2-4-20(27)16-19/h2-10,15-16,23,31H,11-14,17H2,1H3. The number of hydrogen-bond acceptors (Lipinski definition) is 4. The van der Waals surface area contributed by atoms with Crippen molar-refractivity contribution in [2.75, 3.05) is 25.1 Å². The summed E-state index contributed by atoms with van der Waals surface area (Å²) in [6.45, 7) is 2.32. The van der Waals surface area contributed by atoms with Gasteiger partial charge < -0.3 is 14.7 Å². The summed E-state index contributed by atoms with van der Waals surface area (Å²) in [5, 5.41) is 10.3. The molecular weight excluding hydrogens is 443 g/mol. The molecule has 172 valence electrons. The van der Waals surface area contributed by atoms with E-state index in [1.807, 2.05) is 12.1 Å². The van der Waals surface area contributed by atoms with Crippen LogP contribution in [0.3, 0.4) is 0 Å². The fraction of sp³-hybridized carbons (Fsp3) is 0.269. The average Bonchev–Trinajstić information content (AvgIpc) is 2.82. The average molecular weight is 469 g/mol. The fourth-order valence-electron chi connectivity index (χ4n) is 4.27. The van der Waals surface area contributed by atoms with Crippen LogP contribution in [0.2, 0.25) is 5.02 Å². The highest BCUT2D eigenvalue weighted by Gasteiger charge is 2.30. The molecule has 0 spiro atoms. The third kappa shape index (κ3) is 5.46. The van der Waals surface area contributed by atoms with E-state index < -0.39 is 0 Å². The van der Waals surface area contributed by atoms with Gasteiger partial charge in [0.2, 0.25) is 0 Å². The molecule has 1 aliphatic rings. The summed E-state index contributed by atoms with van der Waals surface area (Å²) >= 11 is 6.12. The summed E-state index contributed by atoms with van der Waals surface area (Å²) in [7, 11) is 1.53. The number of phenols is 1. The van der Waals surface area contributed by atoms with Crippen molar-refractivity contribution in [3.8, 4) is 11.5 Å². The van der Waals surface area contributed by atoms with Gasteiger partial charge in [-0.3, -0.25) is 9.69 Å². The molecule has 1 fully saturated rings. The molecule has 1 aliphatic heterocycles. The van der Waals surface area contributed by atoms with E-state index in [2.05, 4.69) is 4.90 Å². The largest absolute Gasteiger partial charge is 0.504 e. The quantitative estimate of drug-likeness (QED) is 0.518. The number of benzene rings is 3. The summed E-state index contributed by atoms with van der Waals surface area (Å²) in [6, 6.07) is 18.3. The highest BCUT2D eigenvalue weighted by atomic mass is 35.5. The highest BCUT2D eigenvalue weighted by Crippen LogP contribution is 2.29. The summed E-state index contributed by atoms with van der Waals surface area (Å²) < 4.78 is 18.8. The monoisotopic (exact) mass is 468 g/mol. The van der Waals surface area contributed by atoms with E-state index in [1.54, 1.807) is 47.4 Å². The van der Waals surface area contributed by atoms with Gasteiger partial charge in [-0.25, -0.2) is 4.39 Å². The first-order chi connectivity index (χ1) is 15.9. The van der Waals surface area contributed by atoms with Crippen molar-refractivity contribution in [3.05, 3.63) is 88.7 Å². The van der Waals surface area contributed by atoms with Gasteiger partial charge in [0.15, 0.2) is 11.5 Å². The maximum Gasteiger partial charge on any atom is 0.258 e. The molecule has 0 bridgehead atoms. The Labute approximate surface area is 198 Å². The van der Waals surface area contributed by atoms with Crippen LogP contribution < -0.4 is 9.64 Å². The Kier molecular flexibility index (Phi) is 7.16. The molecule has 0 radical (unpaired) electrons. The van der Waals surface area contributed by atoms with Gasteiger partial charge in [-0.2, -0.15) is 0 Å². The van der Waals surface area contributed by atoms with Crippen molar-refractivity contribution in [1.82, 2.24) is 4.90 Å². The lowest BCUT2D eigenvalue weighted by Gasteiger charge is -2.38. The number of phenolic OH excluding ortho intramolecular Hbond substituents is 1. The van der Waals surface area contributed by atoms with Crippen molar-refractivity contribution in [3.63, 3.8) is 0 Å². The topological polar surface area (TPSA) is 53.0 Å². The molecule has 7 heteroatoms. The summed E-state index contributed by atoms with van der Waals surface area (Å²) in [5.74, 6) is 0.0882. The second-order valence-electron chi connectivity index (χ2n) is 8.18. The Bertz CT molecular complexity index is 1110. The molecule has 3 aromatic rings. The van der Waals surface area contributed by atoms with Gasteiger partial charge in [0.25, 0.3) is 5.91 Å². The third-order valence-electron chi connectivity index (χ3n) is 5.97. The van der Waals surface area contributed by atoms with Gasteiger partial charge in [-0.1, -0.05) is 23.7 Å². The van der Waals surface area contributed by atoms with E-state index in [1.165, 1.54) is 19.2 Å². The van der Waals surface area contributed by atoms with Crippen LogP contribution in [0.15, 0.2) is 66.7 Å². The van der Waals surface area contributed by atoms with Crippen LogP contribution in [0.1, 0.15) is 28.8 Å². The van der Waals surface area contributed by atoms with Gasteiger partial charge in [0, 0.05) is 41.9 Å². The third-order valence-corrected chi connectivity index (χ3v) is 6.20. The lowest BCUT2D eigenvalue weighted by Crippen LogP contribution is -2.47. The van der Waals surface area contributed by atoms with Crippen molar-refractivity contribution < 1.29 is 19.0 Å². The Hall–Kier alpha value is -3.09. The summed E-state index contributed by atoms with van der Waals surface area (Å²) in [5.41, 5.74) is 2.22. The highest BCUT2D eigenvalue weighted by molar-refractivity contribution is 6.31. The smallest absolute Gasteiger partial charge is 0.258 e. The zero-order valence-corrected chi connectivity index (χ0v) is 19.1. The number of rotatable bonds is 6. The van der Waals surface area contributed by atoms with Crippen LogP contribution in [0.4, 0.5) is 10.1 Å². The molecule has 1 heterocycles. The van der Waals surface area contributed by atoms with Crippen molar-refractivity contribution >= 4 is 23.2 Å². The van der Waals surface area contributed by atoms with E-state index in [9.17, 15) is 14.3 Å². The number of amides is 1. The lowest BCUT2D eigenvalue weighted by atomic mass is 10.00.